The summed E-state index contributed by atoms with van der Waals surface area (Å²) in [7, 11) is 0. The molecule has 0 bridgehead atoms. The summed E-state index contributed by atoms with van der Waals surface area (Å²) in [4.78, 5) is 42.1. The minimum Gasteiger partial charge on any atom is -0.493 e. The molecule has 2 aromatic rings. The summed E-state index contributed by atoms with van der Waals surface area (Å²) in [5, 5.41) is 31.4. The number of halogens is 1. The molecule has 4 aliphatic rings. The van der Waals surface area contributed by atoms with E-state index < -0.39 is 52.0 Å². The largest absolute Gasteiger partial charge is 0.493 e. The van der Waals surface area contributed by atoms with Gasteiger partial charge in [0.15, 0.2) is 11.5 Å². The molecule has 4 aliphatic carbocycles. The second kappa shape index (κ2) is 9.49. The van der Waals surface area contributed by atoms with Crippen molar-refractivity contribution in [2.24, 2.45) is 22.7 Å². The van der Waals surface area contributed by atoms with E-state index in [1.54, 1.807) is 19.9 Å². The normalized spacial score (nSPS) is 36.7. The van der Waals surface area contributed by atoms with E-state index in [1.807, 2.05) is 0 Å². The minimum atomic E-state index is -2.11. The molecule has 6 rings (SSSR count). The Morgan fingerprint density at radius 1 is 1.05 bits per heavy atom. The van der Waals surface area contributed by atoms with Crippen molar-refractivity contribution in [2.75, 3.05) is 0 Å². The van der Waals surface area contributed by atoms with E-state index in [1.165, 1.54) is 54.7 Å². The van der Waals surface area contributed by atoms with Crippen LogP contribution in [0.5, 0.6) is 17.4 Å². The Bertz CT molecular complexity index is 1520. The van der Waals surface area contributed by atoms with Gasteiger partial charge in [0.2, 0.25) is 11.5 Å². The minimum absolute atomic E-state index is 0.0165. The molecule has 3 fully saturated rings. The van der Waals surface area contributed by atoms with Crippen molar-refractivity contribution >= 4 is 17.7 Å². The average Bonchev–Trinajstić information content (AvgIpc) is 3.24. The van der Waals surface area contributed by atoms with E-state index in [9.17, 15) is 29.7 Å². The van der Waals surface area contributed by atoms with Crippen molar-refractivity contribution in [3.05, 3.63) is 72.0 Å². The molecular formula is C32H32FNO8. The molecule has 42 heavy (non-hydrogen) atoms. The van der Waals surface area contributed by atoms with Crippen LogP contribution in [0.15, 0.2) is 66.4 Å². The molecule has 1 heterocycles. The average molecular weight is 578 g/mol. The van der Waals surface area contributed by atoms with Crippen molar-refractivity contribution < 1.29 is 43.6 Å². The van der Waals surface area contributed by atoms with Crippen molar-refractivity contribution in [1.82, 2.24) is 4.98 Å². The Hall–Kier alpha value is -4.05. The number of benzene rings is 1. The Labute approximate surface area is 241 Å². The van der Waals surface area contributed by atoms with Gasteiger partial charge in [-0.05, 0) is 87.4 Å². The van der Waals surface area contributed by atoms with Crippen LogP contribution in [0.1, 0.15) is 56.3 Å². The van der Waals surface area contributed by atoms with Gasteiger partial charge in [-0.3, -0.25) is 4.79 Å². The molecule has 0 unspecified atom stereocenters. The van der Waals surface area contributed by atoms with Gasteiger partial charge in [-0.15, -0.1) is 0 Å². The highest BCUT2D eigenvalue weighted by atomic mass is 19.1. The third-order valence-corrected chi connectivity index (χ3v) is 10.4. The SMILES string of the molecule is C[C@]12C=CC(=O)C=C1CC[C@H]1[C@@H]3CC[C@](OC(=O)c4ccc(Oc5ccc(O)nc5)cc4)(C(=O)O)[C@@]3(C)C[C@H](O)[C@@]12F. The number of aliphatic hydroxyl groups excluding tert-OH is 1. The molecule has 9 nitrogen and oxygen atoms in total. The first-order valence-electron chi connectivity index (χ1n) is 14.0. The number of aromatic hydroxyl groups is 1. The summed E-state index contributed by atoms with van der Waals surface area (Å²) in [6.45, 7) is 3.39. The van der Waals surface area contributed by atoms with Gasteiger partial charge in [0, 0.05) is 22.8 Å². The lowest BCUT2D eigenvalue weighted by molar-refractivity contribution is -0.222. The van der Waals surface area contributed by atoms with Gasteiger partial charge < -0.3 is 24.8 Å². The zero-order valence-electron chi connectivity index (χ0n) is 23.2. The van der Waals surface area contributed by atoms with Crippen molar-refractivity contribution in [3.63, 3.8) is 0 Å². The van der Waals surface area contributed by atoms with E-state index >= 15 is 4.39 Å². The topological polar surface area (TPSA) is 143 Å². The highest BCUT2D eigenvalue weighted by Crippen LogP contribution is 2.70. The number of carbonyl (C=O) groups is 3. The van der Waals surface area contributed by atoms with Crippen LogP contribution in [0.25, 0.3) is 0 Å². The standard InChI is InChI=1S/C32H32FNO8/c1-29-13-11-20(35)15-19(29)5-9-24-23-12-14-31(28(39)40,30(23,2)16-25(36)32(24,29)33)42-27(38)18-3-6-21(7-4-18)41-22-8-10-26(37)34-17-22/h3-4,6-8,10-11,13,15,17,23-25,36H,5,9,12,14,16H2,1-2H3,(H,34,37)(H,39,40)/t23-,24-,25-,29-,30-,31-,32-/m0/s1. The molecular weight excluding hydrogens is 545 g/mol. The number of aliphatic carboxylic acids is 1. The molecule has 1 aromatic heterocycles. The lowest BCUT2D eigenvalue weighted by Gasteiger charge is -2.62. The first-order valence-corrected chi connectivity index (χ1v) is 14.0. The number of hydrogen-bond acceptors (Lipinski definition) is 8. The maximum Gasteiger partial charge on any atom is 0.348 e. The van der Waals surface area contributed by atoms with Crippen molar-refractivity contribution in [2.45, 2.75) is 63.3 Å². The van der Waals surface area contributed by atoms with E-state index in [2.05, 4.69) is 4.98 Å². The predicted molar refractivity (Wildman–Crippen MR) is 147 cm³/mol. The quantitative estimate of drug-likeness (QED) is 0.422. The lowest BCUT2D eigenvalue weighted by atomic mass is 9.45. The fourth-order valence-electron chi connectivity index (χ4n) is 8.21. The van der Waals surface area contributed by atoms with Gasteiger partial charge in [0.1, 0.15) is 11.5 Å². The smallest absolute Gasteiger partial charge is 0.348 e. The molecule has 7 atom stereocenters. The van der Waals surface area contributed by atoms with E-state index in [4.69, 9.17) is 9.47 Å². The van der Waals surface area contributed by atoms with E-state index in [0.29, 0.717) is 36.3 Å². The van der Waals surface area contributed by atoms with Crippen molar-refractivity contribution in [1.29, 1.82) is 0 Å². The van der Waals surface area contributed by atoms with E-state index in [0.717, 1.165) is 0 Å². The molecule has 220 valence electrons. The lowest BCUT2D eigenvalue weighted by Crippen LogP contribution is -2.69. The van der Waals surface area contributed by atoms with Crippen LogP contribution in [0.4, 0.5) is 4.39 Å². The number of ketones is 1. The van der Waals surface area contributed by atoms with Crippen LogP contribution in [0.3, 0.4) is 0 Å². The summed E-state index contributed by atoms with van der Waals surface area (Å²) in [5.74, 6) is -2.97. The number of carboxylic acids is 1. The van der Waals surface area contributed by atoms with Gasteiger partial charge >= 0.3 is 11.9 Å². The van der Waals surface area contributed by atoms with Gasteiger partial charge in [-0.1, -0.05) is 18.6 Å². The van der Waals surface area contributed by atoms with Crippen LogP contribution >= 0.6 is 0 Å². The number of ether oxygens (including phenoxy) is 2. The third-order valence-electron chi connectivity index (χ3n) is 10.4. The molecule has 0 saturated heterocycles. The van der Waals surface area contributed by atoms with Crippen LogP contribution < -0.4 is 4.74 Å². The second-order valence-electron chi connectivity index (χ2n) is 12.3. The predicted octanol–water partition coefficient (Wildman–Crippen LogP) is 4.93. The van der Waals surface area contributed by atoms with Crippen LogP contribution in [0.2, 0.25) is 0 Å². The molecule has 1 aromatic carbocycles. The Morgan fingerprint density at radius 3 is 2.43 bits per heavy atom. The first-order chi connectivity index (χ1) is 19.8. The summed E-state index contributed by atoms with van der Waals surface area (Å²) in [5.41, 5.74) is -5.78. The number of alkyl halides is 1. The monoisotopic (exact) mass is 577 g/mol. The maximum atomic E-state index is 17.3. The highest BCUT2D eigenvalue weighted by Gasteiger charge is 2.76. The van der Waals surface area contributed by atoms with Gasteiger partial charge in [0.05, 0.1) is 17.9 Å². The van der Waals surface area contributed by atoms with Gasteiger partial charge in [-0.2, -0.15) is 0 Å². The molecule has 10 heteroatoms. The fraction of sp³-hybridized carbons (Fsp3) is 0.438. The molecule has 0 amide bonds. The summed E-state index contributed by atoms with van der Waals surface area (Å²) >= 11 is 0. The molecule has 0 radical (unpaired) electrons. The zero-order valence-corrected chi connectivity index (χ0v) is 23.2. The van der Waals surface area contributed by atoms with Crippen LogP contribution in [-0.4, -0.2) is 55.4 Å². The maximum absolute atomic E-state index is 17.3. The summed E-state index contributed by atoms with van der Waals surface area (Å²) < 4.78 is 28.9. The summed E-state index contributed by atoms with van der Waals surface area (Å²) in [6, 6.07) is 8.83. The second-order valence-corrected chi connectivity index (χ2v) is 12.3. The first kappa shape index (κ1) is 28.1. The molecule has 3 N–H and O–H groups in total. The third kappa shape index (κ3) is 3.84. The number of nitrogens with zero attached hydrogens (tertiary/aromatic N) is 1. The Kier molecular flexibility index (Phi) is 6.34. The van der Waals surface area contributed by atoms with Gasteiger partial charge in [-0.25, -0.2) is 19.0 Å². The number of pyridine rings is 1. The Morgan fingerprint density at radius 2 is 1.76 bits per heavy atom. The number of carboxylic acid groups (broad SMARTS) is 1. The number of rotatable bonds is 5. The fourth-order valence-corrected chi connectivity index (χ4v) is 8.21. The number of aromatic nitrogens is 1. The number of esters is 1. The summed E-state index contributed by atoms with van der Waals surface area (Å²) in [6.07, 6.45) is 5.00. The number of hydrogen-bond donors (Lipinski definition) is 3. The number of aliphatic hydroxyl groups is 1. The number of carbonyl (C=O) groups excluding carboxylic acids is 2. The van der Waals surface area contributed by atoms with Crippen molar-refractivity contribution in [3.8, 4) is 17.4 Å². The van der Waals surface area contributed by atoms with Gasteiger partial charge in [0.25, 0.3) is 0 Å². The molecule has 3 saturated carbocycles. The molecule has 0 aliphatic heterocycles. The highest BCUT2D eigenvalue weighted by molar-refractivity contribution is 6.01. The van der Waals surface area contributed by atoms with E-state index in [-0.39, 0.29) is 30.1 Å². The molecule has 0 spiro atoms. The Balaban J connectivity index is 1.27. The van der Waals surface area contributed by atoms with Crippen LogP contribution in [0, 0.1) is 22.7 Å². The zero-order chi connectivity index (χ0) is 30.1. The number of fused-ring (bicyclic) bond motifs is 5. The number of allylic oxidation sites excluding steroid dienone is 4. The van der Waals surface area contributed by atoms with Crippen LogP contribution in [-0.2, 0) is 14.3 Å².